The molecule has 0 aliphatic heterocycles. The van der Waals surface area contributed by atoms with Gasteiger partial charge in [0.15, 0.2) is 17.3 Å². The van der Waals surface area contributed by atoms with Crippen molar-refractivity contribution in [3.05, 3.63) is 71.5 Å². The van der Waals surface area contributed by atoms with E-state index in [1.807, 2.05) is 49.4 Å². The minimum Gasteiger partial charge on any atom is -0.493 e. The average molecular weight is 433 g/mol. The number of anilines is 1. The topological polar surface area (TPSA) is 106 Å². The van der Waals surface area contributed by atoms with E-state index in [1.54, 1.807) is 31.8 Å². The van der Waals surface area contributed by atoms with Crippen LogP contribution in [0.4, 0.5) is 5.69 Å². The highest BCUT2D eigenvalue weighted by atomic mass is 16.5. The molecule has 1 amide bonds. The molecule has 0 saturated carbocycles. The van der Waals surface area contributed by atoms with E-state index in [4.69, 9.17) is 24.1 Å². The third-order valence-electron chi connectivity index (χ3n) is 5.11. The number of hydrogen-bond acceptors (Lipinski definition) is 7. The Bertz CT molecular complexity index is 1260. The fourth-order valence-electron chi connectivity index (χ4n) is 3.43. The van der Waals surface area contributed by atoms with Crippen LogP contribution in [0, 0.1) is 6.92 Å². The van der Waals surface area contributed by atoms with Gasteiger partial charge < -0.3 is 19.2 Å². The molecule has 2 aromatic heterocycles. The second-order valence-corrected chi connectivity index (χ2v) is 7.18. The second kappa shape index (κ2) is 8.99. The number of nitrogens with one attached hydrogen (secondary N) is 2. The van der Waals surface area contributed by atoms with Gasteiger partial charge in [0.05, 0.1) is 19.7 Å². The number of carbonyl (C=O) groups is 1. The first kappa shape index (κ1) is 21.2. The molecule has 0 radical (unpaired) electrons. The van der Waals surface area contributed by atoms with Crippen LogP contribution in [0.2, 0.25) is 0 Å². The van der Waals surface area contributed by atoms with Crippen LogP contribution >= 0.6 is 0 Å². The summed E-state index contributed by atoms with van der Waals surface area (Å²) in [5, 5.41) is 13.1. The number of nitrogens with zero attached hydrogens (tertiary/aromatic N) is 1. The number of rotatable bonds is 7. The molecule has 0 atom stereocenters. The van der Waals surface area contributed by atoms with E-state index in [0.717, 1.165) is 27.9 Å². The Labute approximate surface area is 184 Å². The molecule has 0 unspecified atom stereocenters. The minimum absolute atomic E-state index is 0.373. The number of benzene rings is 2. The van der Waals surface area contributed by atoms with Crippen LogP contribution in [0.25, 0.3) is 22.4 Å². The number of aryl methyl sites for hydroxylation is 1. The molecule has 0 spiro atoms. The van der Waals surface area contributed by atoms with Crippen molar-refractivity contribution in [1.82, 2.24) is 10.5 Å². The Morgan fingerprint density at radius 1 is 1.03 bits per heavy atom. The SMILES string of the molecule is COc1cc2nc(-c3ccc(C)o3)cc(NCc3ccc(C(=O)NO)cc3)c2cc1OC. The van der Waals surface area contributed by atoms with Gasteiger partial charge in [0.25, 0.3) is 5.91 Å². The number of fused-ring (bicyclic) bond motifs is 1. The number of amides is 1. The summed E-state index contributed by atoms with van der Waals surface area (Å²) in [5.74, 6) is 2.11. The summed E-state index contributed by atoms with van der Waals surface area (Å²) >= 11 is 0. The lowest BCUT2D eigenvalue weighted by Gasteiger charge is -2.14. The van der Waals surface area contributed by atoms with Gasteiger partial charge in [-0.3, -0.25) is 10.0 Å². The number of methoxy groups -OCH3 is 2. The van der Waals surface area contributed by atoms with E-state index in [-0.39, 0.29) is 0 Å². The van der Waals surface area contributed by atoms with Crippen molar-refractivity contribution in [2.24, 2.45) is 0 Å². The molecule has 8 nitrogen and oxygen atoms in total. The van der Waals surface area contributed by atoms with Crippen LogP contribution in [-0.2, 0) is 6.54 Å². The van der Waals surface area contributed by atoms with Crippen LogP contribution in [0.3, 0.4) is 0 Å². The average Bonchev–Trinajstić information content (AvgIpc) is 3.27. The molecule has 32 heavy (non-hydrogen) atoms. The maximum absolute atomic E-state index is 11.5. The number of hydrogen-bond donors (Lipinski definition) is 3. The Morgan fingerprint density at radius 3 is 2.38 bits per heavy atom. The Hall–Kier alpha value is -4.04. The van der Waals surface area contributed by atoms with Crippen molar-refractivity contribution in [2.75, 3.05) is 19.5 Å². The molecular formula is C24H23N3O5. The van der Waals surface area contributed by atoms with Gasteiger partial charge in [-0.25, -0.2) is 10.5 Å². The van der Waals surface area contributed by atoms with Crippen molar-refractivity contribution < 1.29 is 23.9 Å². The molecule has 0 aliphatic rings. The van der Waals surface area contributed by atoms with E-state index < -0.39 is 5.91 Å². The lowest BCUT2D eigenvalue weighted by molar-refractivity contribution is 0.0706. The number of hydroxylamine groups is 1. The largest absolute Gasteiger partial charge is 0.493 e. The van der Waals surface area contributed by atoms with Gasteiger partial charge in [-0.1, -0.05) is 12.1 Å². The van der Waals surface area contributed by atoms with Crippen LogP contribution in [-0.4, -0.2) is 30.3 Å². The van der Waals surface area contributed by atoms with Gasteiger partial charge in [-0.05, 0) is 48.9 Å². The van der Waals surface area contributed by atoms with Gasteiger partial charge in [0.1, 0.15) is 11.5 Å². The van der Waals surface area contributed by atoms with E-state index in [2.05, 4.69) is 5.32 Å². The molecule has 0 saturated heterocycles. The number of pyridine rings is 1. The number of ether oxygens (including phenoxy) is 2. The quantitative estimate of drug-likeness (QED) is 0.290. The van der Waals surface area contributed by atoms with Gasteiger partial charge in [0.2, 0.25) is 0 Å². The van der Waals surface area contributed by atoms with Gasteiger partial charge in [0, 0.05) is 29.2 Å². The van der Waals surface area contributed by atoms with Crippen molar-refractivity contribution in [1.29, 1.82) is 0 Å². The standard InChI is InChI=1S/C24H23N3O5/c1-14-4-9-21(32-14)20-11-18(17-10-22(30-2)23(31-3)12-19(17)26-20)25-13-15-5-7-16(8-6-15)24(28)27-29/h4-12,29H,13H2,1-3H3,(H,25,26)(H,27,28). The Morgan fingerprint density at radius 2 is 1.75 bits per heavy atom. The summed E-state index contributed by atoms with van der Waals surface area (Å²) in [5.41, 5.74) is 5.22. The lowest BCUT2D eigenvalue weighted by Crippen LogP contribution is -2.18. The zero-order chi connectivity index (χ0) is 22.7. The third kappa shape index (κ3) is 4.21. The molecule has 2 aromatic carbocycles. The summed E-state index contributed by atoms with van der Waals surface area (Å²) in [6, 6.07) is 16.4. The highest BCUT2D eigenvalue weighted by Crippen LogP contribution is 2.37. The molecule has 0 bridgehead atoms. The number of furan rings is 1. The summed E-state index contributed by atoms with van der Waals surface area (Å²) in [4.78, 5) is 16.3. The van der Waals surface area contributed by atoms with Crippen molar-refractivity contribution in [3.63, 3.8) is 0 Å². The monoisotopic (exact) mass is 433 g/mol. The van der Waals surface area contributed by atoms with Crippen molar-refractivity contribution in [3.8, 4) is 23.0 Å². The fourth-order valence-corrected chi connectivity index (χ4v) is 3.43. The van der Waals surface area contributed by atoms with Crippen LogP contribution < -0.4 is 20.3 Å². The molecule has 3 N–H and O–H groups in total. The Balaban J connectivity index is 1.73. The van der Waals surface area contributed by atoms with Gasteiger partial charge >= 0.3 is 0 Å². The van der Waals surface area contributed by atoms with Crippen molar-refractivity contribution >= 4 is 22.5 Å². The van der Waals surface area contributed by atoms with Gasteiger partial charge in [-0.15, -0.1) is 0 Å². The van der Waals surface area contributed by atoms with E-state index in [9.17, 15) is 4.79 Å². The molecule has 0 fully saturated rings. The summed E-state index contributed by atoms with van der Waals surface area (Å²) in [6.07, 6.45) is 0. The highest BCUT2D eigenvalue weighted by molar-refractivity contribution is 5.96. The fraction of sp³-hybridized carbons (Fsp3) is 0.167. The van der Waals surface area contributed by atoms with E-state index in [1.165, 1.54) is 0 Å². The summed E-state index contributed by atoms with van der Waals surface area (Å²) < 4.78 is 16.7. The Kier molecular flexibility index (Phi) is 5.96. The predicted octanol–water partition coefficient (Wildman–Crippen LogP) is 4.55. The highest BCUT2D eigenvalue weighted by Gasteiger charge is 2.14. The summed E-state index contributed by atoms with van der Waals surface area (Å²) in [7, 11) is 3.18. The maximum atomic E-state index is 11.5. The third-order valence-corrected chi connectivity index (χ3v) is 5.11. The van der Waals surface area contributed by atoms with Gasteiger partial charge in [-0.2, -0.15) is 0 Å². The van der Waals surface area contributed by atoms with Crippen LogP contribution in [0.15, 0.2) is 59.0 Å². The van der Waals surface area contributed by atoms with E-state index in [0.29, 0.717) is 35.1 Å². The molecule has 0 aliphatic carbocycles. The predicted molar refractivity (Wildman–Crippen MR) is 120 cm³/mol. The number of aromatic nitrogens is 1. The smallest absolute Gasteiger partial charge is 0.274 e. The first-order chi connectivity index (χ1) is 15.5. The van der Waals surface area contributed by atoms with Crippen LogP contribution in [0.1, 0.15) is 21.7 Å². The lowest BCUT2D eigenvalue weighted by atomic mass is 10.1. The second-order valence-electron chi connectivity index (χ2n) is 7.18. The first-order valence-corrected chi connectivity index (χ1v) is 9.93. The zero-order valence-electron chi connectivity index (χ0n) is 17.9. The molecule has 8 heteroatoms. The zero-order valence-corrected chi connectivity index (χ0v) is 17.9. The molecular weight excluding hydrogens is 410 g/mol. The molecule has 4 aromatic rings. The van der Waals surface area contributed by atoms with E-state index >= 15 is 0 Å². The maximum Gasteiger partial charge on any atom is 0.274 e. The molecule has 164 valence electrons. The number of carbonyl (C=O) groups excluding carboxylic acids is 1. The first-order valence-electron chi connectivity index (χ1n) is 9.93. The molecule has 2 heterocycles. The van der Waals surface area contributed by atoms with Crippen LogP contribution in [0.5, 0.6) is 11.5 Å². The summed E-state index contributed by atoms with van der Waals surface area (Å²) in [6.45, 7) is 2.39. The normalized spacial score (nSPS) is 10.8. The van der Waals surface area contributed by atoms with Crippen molar-refractivity contribution in [2.45, 2.75) is 13.5 Å². The minimum atomic E-state index is -0.552. The molecule has 4 rings (SSSR count).